The molecule has 0 spiro atoms. The molecule has 80 valence electrons. The lowest BCUT2D eigenvalue weighted by atomic mass is 9.70. The molecule has 0 amide bonds. The smallest absolute Gasteiger partial charge is 0.303 e. The quantitative estimate of drug-likeness (QED) is 0.605. The molecule has 0 aromatic carbocycles. The van der Waals surface area contributed by atoms with Gasteiger partial charge in [0.2, 0.25) is 0 Å². The summed E-state index contributed by atoms with van der Waals surface area (Å²) in [5.41, 5.74) is -0.222. The van der Waals surface area contributed by atoms with Crippen LogP contribution in [-0.2, 0) is 14.3 Å². The van der Waals surface area contributed by atoms with Crippen LogP contribution in [0.3, 0.4) is 0 Å². The van der Waals surface area contributed by atoms with Gasteiger partial charge in [0.1, 0.15) is 0 Å². The van der Waals surface area contributed by atoms with Crippen molar-refractivity contribution < 1.29 is 14.3 Å². The normalized spacial score (nSPS) is 31.3. The number of carbonyl (C=O) groups is 2. The first-order chi connectivity index (χ1) is 6.33. The predicted molar refractivity (Wildman–Crippen MR) is 52.7 cm³/mol. The van der Waals surface area contributed by atoms with Crippen molar-refractivity contribution in [2.45, 2.75) is 46.6 Å². The lowest BCUT2D eigenvalue weighted by Gasteiger charge is -2.39. The Kier molecular flexibility index (Phi) is 2.98. The summed E-state index contributed by atoms with van der Waals surface area (Å²) in [6, 6.07) is 0. The van der Waals surface area contributed by atoms with Crippen molar-refractivity contribution in [3.63, 3.8) is 0 Å². The SMILES string of the molecule is CC(=O)O[C@H]1C(=O)C[C@@H](C)CC1(C)C. The minimum Gasteiger partial charge on any atom is -0.454 e. The first-order valence-electron chi connectivity index (χ1n) is 5.03. The van der Waals surface area contributed by atoms with E-state index in [4.69, 9.17) is 4.74 Å². The van der Waals surface area contributed by atoms with Gasteiger partial charge in [-0.25, -0.2) is 0 Å². The summed E-state index contributed by atoms with van der Waals surface area (Å²) in [7, 11) is 0. The molecule has 0 aromatic heterocycles. The second-order valence-electron chi connectivity index (χ2n) is 4.96. The third-order valence-electron chi connectivity index (χ3n) is 2.71. The molecule has 0 heterocycles. The molecular formula is C11H18O3. The van der Waals surface area contributed by atoms with Crippen LogP contribution in [0.4, 0.5) is 0 Å². The molecule has 0 aromatic rings. The van der Waals surface area contributed by atoms with Gasteiger partial charge in [-0.15, -0.1) is 0 Å². The molecule has 2 atom stereocenters. The number of esters is 1. The molecule has 14 heavy (non-hydrogen) atoms. The zero-order chi connectivity index (χ0) is 10.9. The Balaban J connectivity index is 2.80. The first kappa shape index (κ1) is 11.2. The fourth-order valence-electron chi connectivity index (χ4n) is 2.35. The van der Waals surface area contributed by atoms with Crippen molar-refractivity contribution in [1.29, 1.82) is 0 Å². The molecule has 0 unspecified atom stereocenters. The standard InChI is InChI=1S/C11H18O3/c1-7-5-9(13)10(14-8(2)12)11(3,4)6-7/h7,10H,5-6H2,1-4H3/t7-,10+/m1/s1. The lowest BCUT2D eigenvalue weighted by Crippen LogP contribution is -2.45. The van der Waals surface area contributed by atoms with E-state index in [1.807, 2.05) is 13.8 Å². The monoisotopic (exact) mass is 198 g/mol. The summed E-state index contributed by atoms with van der Waals surface area (Å²) in [5, 5.41) is 0. The molecule has 3 nitrogen and oxygen atoms in total. The number of hydrogen-bond donors (Lipinski definition) is 0. The zero-order valence-electron chi connectivity index (χ0n) is 9.29. The molecule has 3 heteroatoms. The number of rotatable bonds is 1. The molecule has 0 N–H and O–H groups in total. The van der Waals surface area contributed by atoms with E-state index in [0.29, 0.717) is 12.3 Å². The Morgan fingerprint density at radius 1 is 1.50 bits per heavy atom. The summed E-state index contributed by atoms with van der Waals surface area (Å²) < 4.78 is 5.08. The van der Waals surface area contributed by atoms with E-state index < -0.39 is 6.10 Å². The summed E-state index contributed by atoms with van der Waals surface area (Å²) in [6.45, 7) is 7.37. The second-order valence-corrected chi connectivity index (χ2v) is 4.96. The van der Waals surface area contributed by atoms with Gasteiger partial charge in [0.05, 0.1) is 0 Å². The average Bonchev–Trinajstić information content (AvgIpc) is 1.95. The van der Waals surface area contributed by atoms with Crippen molar-refractivity contribution in [3.05, 3.63) is 0 Å². The molecule has 0 aliphatic heterocycles. The number of Topliss-reactive ketones (excluding diaryl/α,β-unsaturated/α-hetero) is 1. The molecule has 1 aliphatic carbocycles. The number of ether oxygens (including phenoxy) is 1. The Hall–Kier alpha value is -0.860. The maximum atomic E-state index is 11.7. The largest absolute Gasteiger partial charge is 0.454 e. The van der Waals surface area contributed by atoms with Gasteiger partial charge in [-0.05, 0) is 12.3 Å². The fourth-order valence-corrected chi connectivity index (χ4v) is 2.35. The van der Waals surface area contributed by atoms with Crippen molar-refractivity contribution in [3.8, 4) is 0 Å². The Morgan fingerprint density at radius 2 is 2.07 bits per heavy atom. The highest BCUT2D eigenvalue weighted by Gasteiger charge is 2.43. The van der Waals surface area contributed by atoms with Crippen LogP contribution in [-0.4, -0.2) is 17.9 Å². The highest BCUT2D eigenvalue weighted by atomic mass is 16.5. The van der Waals surface area contributed by atoms with Gasteiger partial charge >= 0.3 is 5.97 Å². The number of carbonyl (C=O) groups excluding carboxylic acids is 2. The minimum absolute atomic E-state index is 0.0592. The Morgan fingerprint density at radius 3 is 2.50 bits per heavy atom. The van der Waals surface area contributed by atoms with Gasteiger partial charge in [0.15, 0.2) is 11.9 Å². The van der Waals surface area contributed by atoms with E-state index in [1.165, 1.54) is 6.92 Å². The molecule has 1 aliphatic rings. The number of ketones is 1. The highest BCUT2D eigenvalue weighted by molar-refractivity contribution is 5.87. The van der Waals surface area contributed by atoms with E-state index in [0.717, 1.165) is 6.42 Å². The fraction of sp³-hybridized carbons (Fsp3) is 0.818. The maximum Gasteiger partial charge on any atom is 0.303 e. The van der Waals surface area contributed by atoms with Gasteiger partial charge in [-0.1, -0.05) is 20.8 Å². The van der Waals surface area contributed by atoms with Crippen molar-refractivity contribution in [2.24, 2.45) is 11.3 Å². The van der Waals surface area contributed by atoms with Crippen LogP contribution in [0.2, 0.25) is 0 Å². The van der Waals surface area contributed by atoms with Gasteiger partial charge in [0, 0.05) is 18.8 Å². The van der Waals surface area contributed by atoms with E-state index in [2.05, 4.69) is 6.92 Å². The van der Waals surface area contributed by atoms with Crippen LogP contribution in [0.25, 0.3) is 0 Å². The summed E-state index contributed by atoms with van der Waals surface area (Å²) in [6.07, 6.45) is 0.911. The Bertz CT molecular complexity index is 255. The van der Waals surface area contributed by atoms with Crippen molar-refractivity contribution in [1.82, 2.24) is 0 Å². The predicted octanol–water partition coefficient (Wildman–Crippen LogP) is 1.94. The first-order valence-corrected chi connectivity index (χ1v) is 5.03. The Labute approximate surface area is 84.8 Å². The van der Waals surface area contributed by atoms with Crippen LogP contribution in [0.15, 0.2) is 0 Å². The van der Waals surface area contributed by atoms with Crippen LogP contribution >= 0.6 is 0 Å². The zero-order valence-corrected chi connectivity index (χ0v) is 9.29. The molecule has 0 radical (unpaired) electrons. The summed E-state index contributed by atoms with van der Waals surface area (Å²) >= 11 is 0. The summed E-state index contributed by atoms with van der Waals surface area (Å²) in [5.74, 6) is 0.0826. The minimum atomic E-state index is -0.545. The molecule has 1 saturated carbocycles. The molecular weight excluding hydrogens is 180 g/mol. The summed E-state index contributed by atoms with van der Waals surface area (Å²) in [4.78, 5) is 22.5. The average molecular weight is 198 g/mol. The van der Waals surface area contributed by atoms with Crippen molar-refractivity contribution >= 4 is 11.8 Å². The molecule has 1 fully saturated rings. The van der Waals surface area contributed by atoms with E-state index in [9.17, 15) is 9.59 Å². The lowest BCUT2D eigenvalue weighted by molar-refractivity contribution is -0.164. The highest BCUT2D eigenvalue weighted by Crippen LogP contribution is 2.38. The van der Waals surface area contributed by atoms with Crippen LogP contribution in [0.5, 0.6) is 0 Å². The van der Waals surface area contributed by atoms with E-state index in [1.54, 1.807) is 0 Å². The topological polar surface area (TPSA) is 43.4 Å². The van der Waals surface area contributed by atoms with Crippen LogP contribution in [0, 0.1) is 11.3 Å². The van der Waals surface area contributed by atoms with Gasteiger partial charge in [-0.2, -0.15) is 0 Å². The van der Waals surface area contributed by atoms with Gasteiger partial charge in [0.25, 0.3) is 0 Å². The third kappa shape index (κ3) is 2.34. The van der Waals surface area contributed by atoms with E-state index >= 15 is 0 Å². The van der Waals surface area contributed by atoms with Gasteiger partial charge in [-0.3, -0.25) is 9.59 Å². The van der Waals surface area contributed by atoms with E-state index in [-0.39, 0.29) is 17.2 Å². The second kappa shape index (κ2) is 3.71. The molecule has 1 rings (SSSR count). The van der Waals surface area contributed by atoms with Crippen LogP contribution < -0.4 is 0 Å². The number of hydrogen-bond acceptors (Lipinski definition) is 3. The third-order valence-corrected chi connectivity index (χ3v) is 2.71. The molecule has 0 saturated heterocycles. The van der Waals surface area contributed by atoms with Crippen LogP contribution in [0.1, 0.15) is 40.5 Å². The molecule has 0 bridgehead atoms. The van der Waals surface area contributed by atoms with Crippen molar-refractivity contribution in [2.75, 3.05) is 0 Å². The maximum absolute atomic E-state index is 11.7. The van der Waals surface area contributed by atoms with Gasteiger partial charge < -0.3 is 4.74 Å².